The molecule has 2 saturated heterocycles. The zero-order valence-electron chi connectivity index (χ0n) is 19.6. The first-order valence-corrected chi connectivity index (χ1v) is 11.5. The lowest BCUT2D eigenvalue weighted by Crippen LogP contribution is -2.50. The molecule has 34 heavy (non-hydrogen) atoms. The van der Waals surface area contributed by atoms with Crippen LogP contribution in [0, 0.1) is 17.7 Å². The van der Waals surface area contributed by atoms with Crippen molar-refractivity contribution in [2.24, 2.45) is 11.5 Å². The molecular formula is C24H33N9O. The van der Waals surface area contributed by atoms with Gasteiger partial charge in [0.2, 0.25) is 0 Å². The van der Waals surface area contributed by atoms with Gasteiger partial charge in [-0.3, -0.25) is 15.6 Å². The van der Waals surface area contributed by atoms with E-state index in [0.29, 0.717) is 5.56 Å². The summed E-state index contributed by atoms with van der Waals surface area (Å²) in [6, 6.07) is 13.7. The highest BCUT2D eigenvalue weighted by Crippen LogP contribution is 2.25. The van der Waals surface area contributed by atoms with Crippen molar-refractivity contribution >= 4 is 34.9 Å². The molecule has 2 aromatic rings. The maximum absolute atomic E-state index is 12.8. The van der Waals surface area contributed by atoms with Gasteiger partial charge in [0.15, 0.2) is 11.9 Å². The SMILES string of the molecule is Cc1cc(N2CCN(C(=N)N)CC2)ccc1NC(=O)c1ccc(N2CCN(C(=N)N)CC2)cc1. The molecule has 2 aliphatic heterocycles. The van der Waals surface area contributed by atoms with Gasteiger partial charge in [0.05, 0.1) is 0 Å². The van der Waals surface area contributed by atoms with Crippen LogP contribution >= 0.6 is 0 Å². The van der Waals surface area contributed by atoms with Crippen LogP contribution in [0.3, 0.4) is 0 Å². The number of carbonyl (C=O) groups excluding carboxylic acids is 1. The first kappa shape index (κ1) is 23.2. The second kappa shape index (κ2) is 9.90. The van der Waals surface area contributed by atoms with Gasteiger partial charge in [-0.25, -0.2) is 0 Å². The van der Waals surface area contributed by atoms with E-state index in [1.807, 2.05) is 53.1 Å². The molecule has 10 nitrogen and oxygen atoms in total. The van der Waals surface area contributed by atoms with Crippen LogP contribution in [0.4, 0.5) is 17.1 Å². The number of carbonyl (C=O) groups is 1. The quantitative estimate of drug-likeness (QED) is 0.340. The third-order valence-corrected chi connectivity index (χ3v) is 6.56. The molecular weight excluding hydrogens is 430 g/mol. The lowest BCUT2D eigenvalue weighted by molar-refractivity contribution is 0.102. The fourth-order valence-corrected chi connectivity index (χ4v) is 4.41. The Morgan fingerprint density at radius 3 is 1.71 bits per heavy atom. The Morgan fingerprint density at radius 2 is 1.24 bits per heavy atom. The van der Waals surface area contributed by atoms with Crippen molar-refractivity contribution in [2.45, 2.75) is 6.92 Å². The fourth-order valence-electron chi connectivity index (χ4n) is 4.41. The third-order valence-electron chi connectivity index (χ3n) is 6.56. The van der Waals surface area contributed by atoms with Gasteiger partial charge in [-0.2, -0.15) is 0 Å². The summed E-state index contributed by atoms with van der Waals surface area (Å²) in [5, 5.41) is 18.2. The summed E-state index contributed by atoms with van der Waals surface area (Å²) in [5.74, 6) is 0.0990. The average Bonchev–Trinajstić information content (AvgIpc) is 2.85. The zero-order chi connectivity index (χ0) is 24.2. The highest BCUT2D eigenvalue weighted by Gasteiger charge is 2.20. The fraction of sp³-hybridized carbons (Fsp3) is 0.375. The number of amides is 1. The van der Waals surface area contributed by atoms with Crippen molar-refractivity contribution in [3.8, 4) is 0 Å². The maximum atomic E-state index is 12.8. The molecule has 2 fully saturated rings. The Kier molecular flexibility index (Phi) is 6.76. The standard InChI is InChI=1S/C24H33N9O/c1-17-16-20(31-10-14-33(15-11-31)24(27)28)6-7-21(17)29-22(34)18-2-4-19(5-3-18)30-8-12-32(13-9-30)23(25)26/h2-7,16H,8-15H2,1H3,(H3,25,26)(H3,27,28)(H,29,34). The van der Waals surface area contributed by atoms with E-state index in [9.17, 15) is 4.79 Å². The van der Waals surface area contributed by atoms with Crippen LogP contribution in [0.1, 0.15) is 15.9 Å². The molecule has 7 N–H and O–H groups in total. The van der Waals surface area contributed by atoms with Crippen LogP contribution in [-0.2, 0) is 0 Å². The van der Waals surface area contributed by atoms with Crippen molar-refractivity contribution < 1.29 is 4.79 Å². The minimum atomic E-state index is -0.140. The second-order valence-corrected chi connectivity index (χ2v) is 8.72. The molecule has 2 aliphatic rings. The molecule has 1 amide bonds. The Morgan fingerprint density at radius 1 is 0.765 bits per heavy atom. The molecule has 0 aromatic heterocycles. The number of hydrogen-bond acceptors (Lipinski definition) is 5. The van der Waals surface area contributed by atoms with Gasteiger partial charge in [0.25, 0.3) is 5.91 Å². The minimum Gasteiger partial charge on any atom is -0.370 e. The van der Waals surface area contributed by atoms with Gasteiger partial charge in [0, 0.05) is 75.0 Å². The van der Waals surface area contributed by atoms with E-state index < -0.39 is 0 Å². The molecule has 180 valence electrons. The highest BCUT2D eigenvalue weighted by molar-refractivity contribution is 6.05. The molecule has 0 aliphatic carbocycles. The van der Waals surface area contributed by atoms with Gasteiger partial charge < -0.3 is 36.4 Å². The first-order chi connectivity index (χ1) is 16.3. The largest absolute Gasteiger partial charge is 0.370 e. The van der Waals surface area contributed by atoms with Crippen molar-refractivity contribution in [3.63, 3.8) is 0 Å². The van der Waals surface area contributed by atoms with Crippen molar-refractivity contribution in [1.82, 2.24) is 9.80 Å². The Balaban J connectivity index is 1.34. The summed E-state index contributed by atoms with van der Waals surface area (Å²) in [6.07, 6.45) is 0. The van der Waals surface area contributed by atoms with E-state index in [1.54, 1.807) is 0 Å². The molecule has 0 atom stereocenters. The predicted molar refractivity (Wildman–Crippen MR) is 137 cm³/mol. The number of anilines is 3. The van der Waals surface area contributed by atoms with E-state index in [-0.39, 0.29) is 17.8 Å². The minimum absolute atomic E-state index is 0.116. The number of aryl methyl sites for hydroxylation is 1. The number of benzene rings is 2. The predicted octanol–water partition coefficient (Wildman–Crippen LogP) is 1.28. The van der Waals surface area contributed by atoms with E-state index in [2.05, 4.69) is 21.2 Å². The third kappa shape index (κ3) is 5.16. The average molecular weight is 464 g/mol. The number of hydrogen-bond donors (Lipinski definition) is 5. The number of nitrogens with one attached hydrogen (secondary N) is 3. The van der Waals surface area contributed by atoms with Crippen LogP contribution in [0.25, 0.3) is 0 Å². The summed E-state index contributed by atoms with van der Waals surface area (Å²) >= 11 is 0. The second-order valence-electron chi connectivity index (χ2n) is 8.72. The van der Waals surface area contributed by atoms with Gasteiger partial charge in [0.1, 0.15) is 0 Å². The number of piperazine rings is 2. The van der Waals surface area contributed by atoms with Gasteiger partial charge in [-0.15, -0.1) is 0 Å². The molecule has 0 spiro atoms. The molecule has 0 unspecified atom stereocenters. The van der Waals surface area contributed by atoms with E-state index in [0.717, 1.165) is 75.0 Å². The number of nitrogens with two attached hydrogens (primary N) is 2. The first-order valence-electron chi connectivity index (χ1n) is 11.5. The Labute approximate surface area is 200 Å². The normalized spacial score (nSPS) is 16.4. The van der Waals surface area contributed by atoms with Crippen molar-refractivity contribution in [2.75, 3.05) is 67.5 Å². The molecule has 0 bridgehead atoms. The summed E-state index contributed by atoms with van der Waals surface area (Å²) in [4.78, 5) is 21.1. The smallest absolute Gasteiger partial charge is 0.255 e. The van der Waals surface area contributed by atoms with E-state index in [1.165, 1.54) is 0 Å². The zero-order valence-corrected chi connectivity index (χ0v) is 19.6. The molecule has 2 heterocycles. The van der Waals surface area contributed by atoms with Crippen LogP contribution in [0.2, 0.25) is 0 Å². The van der Waals surface area contributed by atoms with E-state index in [4.69, 9.17) is 22.3 Å². The Bertz CT molecular complexity index is 1050. The molecule has 0 saturated carbocycles. The lowest BCUT2D eigenvalue weighted by Gasteiger charge is -2.36. The van der Waals surface area contributed by atoms with E-state index >= 15 is 0 Å². The Hall–Kier alpha value is -3.95. The summed E-state index contributed by atoms with van der Waals surface area (Å²) in [7, 11) is 0. The molecule has 10 heteroatoms. The molecule has 2 aromatic carbocycles. The van der Waals surface area contributed by atoms with Crippen LogP contribution in [0.15, 0.2) is 42.5 Å². The van der Waals surface area contributed by atoms with Crippen LogP contribution < -0.4 is 26.6 Å². The lowest BCUT2D eigenvalue weighted by atomic mass is 10.1. The van der Waals surface area contributed by atoms with Crippen LogP contribution in [0.5, 0.6) is 0 Å². The summed E-state index contributed by atoms with van der Waals surface area (Å²) in [5.41, 5.74) is 15.7. The van der Waals surface area contributed by atoms with Crippen LogP contribution in [-0.4, -0.2) is 80.0 Å². The summed E-state index contributed by atoms with van der Waals surface area (Å²) < 4.78 is 0. The monoisotopic (exact) mass is 463 g/mol. The van der Waals surface area contributed by atoms with Gasteiger partial charge >= 0.3 is 0 Å². The van der Waals surface area contributed by atoms with Gasteiger partial charge in [-0.05, 0) is 55.0 Å². The summed E-state index contributed by atoms with van der Waals surface area (Å²) in [6.45, 7) is 8.10. The number of guanidine groups is 2. The molecule has 0 radical (unpaired) electrons. The number of nitrogens with zero attached hydrogens (tertiary/aromatic N) is 4. The molecule has 4 rings (SSSR count). The number of rotatable bonds is 4. The topological polar surface area (TPSA) is 142 Å². The maximum Gasteiger partial charge on any atom is 0.255 e. The van der Waals surface area contributed by atoms with Crippen molar-refractivity contribution in [3.05, 3.63) is 53.6 Å². The van der Waals surface area contributed by atoms with Crippen molar-refractivity contribution in [1.29, 1.82) is 10.8 Å². The van der Waals surface area contributed by atoms with Gasteiger partial charge in [-0.1, -0.05) is 0 Å². The highest BCUT2D eigenvalue weighted by atomic mass is 16.1.